The van der Waals surface area contributed by atoms with Crippen LogP contribution in [0.5, 0.6) is 11.5 Å². The van der Waals surface area contributed by atoms with Gasteiger partial charge in [0.2, 0.25) is 0 Å². The van der Waals surface area contributed by atoms with E-state index in [1.165, 1.54) is 0 Å². The van der Waals surface area contributed by atoms with Crippen LogP contribution in [0.1, 0.15) is 0 Å². The third-order valence-electron chi connectivity index (χ3n) is 2.86. The molecule has 0 saturated carbocycles. The molecule has 2 heterocycles. The van der Waals surface area contributed by atoms with Gasteiger partial charge in [-0.25, -0.2) is 4.57 Å². The molecule has 3 nitrogen and oxygen atoms in total. The summed E-state index contributed by atoms with van der Waals surface area (Å²) >= 11 is 0. The van der Waals surface area contributed by atoms with Crippen molar-refractivity contribution in [2.75, 3.05) is 0 Å². The van der Waals surface area contributed by atoms with Crippen molar-refractivity contribution < 1.29 is 13.6 Å². The molecule has 0 spiro atoms. The minimum absolute atomic E-state index is 0.705. The summed E-state index contributed by atoms with van der Waals surface area (Å²) < 4.78 is 23.8. The molecule has 0 aliphatic carbocycles. The Morgan fingerprint density at radius 1 is 0.824 bits per heavy atom. The zero-order valence-electron chi connectivity index (χ0n) is 8.74. The highest BCUT2D eigenvalue weighted by molar-refractivity contribution is 8.36. The van der Waals surface area contributed by atoms with Gasteiger partial charge in [-0.05, 0) is 24.3 Å². The predicted molar refractivity (Wildman–Crippen MR) is 67.9 cm³/mol. The maximum atomic E-state index is 12.7. The molecule has 0 saturated heterocycles. The third kappa shape index (κ3) is 1.19. The van der Waals surface area contributed by atoms with Crippen LogP contribution in [-0.4, -0.2) is 0 Å². The Hall–Kier alpha value is -1.30. The van der Waals surface area contributed by atoms with Gasteiger partial charge in [-0.1, -0.05) is 24.3 Å². The van der Waals surface area contributed by atoms with Crippen LogP contribution in [-0.2, 0) is 4.57 Å². The fourth-order valence-electron chi connectivity index (χ4n) is 2.16. The first-order valence-corrected chi connectivity index (χ1v) is 8.85. The summed E-state index contributed by atoms with van der Waals surface area (Å²) in [7, 11) is -4.03. The minimum Gasteiger partial charge on any atom is -0.412 e. The van der Waals surface area contributed by atoms with Crippen molar-refractivity contribution in [2.45, 2.75) is 0 Å². The zero-order chi connectivity index (χ0) is 11.5. The molecule has 0 unspecified atom stereocenters. The molecule has 0 bridgehead atoms. The van der Waals surface area contributed by atoms with Crippen LogP contribution in [0.4, 0.5) is 0 Å². The van der Waals surface area contributed by atoms with Gasteiger partial charge < -0.3 is 9.05 Å². The van der Waals surface area contributed by atoms with E-state index in [0.29, 0.717) is 11.5 Å². The van der Waals surface area contributed by atoms with Crippen LogP contribution in [0.3, 0.4) is 0 Å². The normalized spacial score (nSPS) is 27.6. The highest BCUT2D eigenvalue weighted by atomic mass is 32.1. The van der Waals surface area contributed by atoms with Crippen molar-refractivity contribution in [3.8, 4) is 11.5 Å². The van der Waals surface area contributed by atoms with Crippen molar-refractivity contribution in [2.24, 2.45) is 0 Å². The van der Waals surface area contributed by atoms with E-state index in [2.05, 4.69) is 0 Å². The summed E-state index contributed by atoms with van der Waals surface area (Å²) in [6, 6.07) is 15.3. The minimum atomic E-state index is -3.03. The molecule has 2 aliphatic rings. The van der Waals surface area contributed by atoms with Crippen molar-refractivity contribution in [3.63, 3.8) is 0 Å². The van der Waals surface area contributed by atoms with E-state index in [-0.39, 0.29) is 0 Å². The summed E-state index contributed by atoms with van der Waals surface area (Å²) in [6.07, 6.45) is 0. The quantitative estimate of drug-likeness (QED) is 0.684. The molecule has 0 aromatic heterocycles. The van der Waals surface area contributed by atoms with Gasteiger partial charge in [0.1, 0.15) is 19.1 Å². The second kappa shape index (κ2) is 3.13. The fourth-order valence-corrected chi connectivity index (χ4v) is 8.81. The second-order valence-corrected chi connectivity index (χ2v) is 9.46. The monoisotopic (exact) mass is 262 g/mol. The Morgan fingerprint density at radius 3 is 1.82 bits per heavy atom. The van der Waals surface area contributed by atoms with E-state index in [4.69, 9.17) is 9.05 Å². The number of hydrogen-bond donors (Lipinski definition) is 0. The molecule has 0 atom stereocenters. The number of fused-ring (bicyclic) bond motifs is 5. The average molecular weight is 262 g/mol. The summed E-state index contributed by atoms with van der Waals surface area (Å²) in [5, 5.41) is 2.05. The molecule has 84 valence electrons. The molecule has 17 heavy (non-hydrogen) atoms. The molecule has 2 aromatic carbocycles. The summed E-state index contributed by atoms with van der Waals surface area (Å²) in [6.45, 7) is 0. The van der Waals surface area contributed by atoms with E-state index >= 15 is 0 Å². The van der Waals surface area contributed by atoms with Gasteiger partial charge in [-0.2, -0.15) is 0 Å². The summed E-state index contributed by atoms with van der Waals surface area (Å²) in [5.74, 6) is 1.41. The largest absolute Gasteiger partial charge is 0.458 e. The standard InChI is InChI=1S/C12H8O3P2/c13-17-14-9-5-1-3-7-11(9)16(17)12-8-4-2-6-10(12)15-17/h1-8H. The van der Waals surface area contributed by atoms with Crippen molar-refractivity contribution in [3.05, 3.63) is 48.5 Å². The lowest BCUT2D eigenvalue weighted by molar-refractivity contribution is 0.415. The number of hydrogen-bond acceptors (Lipinski definition) is 3. The summed E-state index contributed by atoms with van der Waals surface area (Å²) in [4.78, 5) is 0. The van der Waals surface area contributed by atoms with Crippen molar-refractivity contribution in [1.82, 2.24) is 0 Å². The van der Waals surface area contributed by atoms with Crippen LogP contribution >= 0.6 is 14.9 Å². The summed E-state index contributed by atoms with van der Waals surface area (Å²) in [5.41, 5.74) is 0. The molecule has 2 aliphatic heterocycles. The topological polar surface area (TPSA) is 35.5 Å². The predicted octanol–water partition coefficient (Wildman–Crippen LogP) is 3.01. The first kappa shape index (κ1) is 9.70. The highest BCUT2D eigenvalue weighted by Gasteiger charge is 2.54. The van der Waals surface area contributed by atoms with Crippen LogP contribution in [0, 0.1) is 0 Å². The van der Waals surface area contributed by atoms with E-state index in [1.807, 2.05) is 48.5 Å². The molecule has 2 aromatic rings. The zero-order valence-corrected chi connectivity index (χ0v) is 10.5. The molecular weight excluding hydrogens is 254 g/mol. The lowest BCUT2D eigenvalue weighted by Gasteiger charge is -2.08. The first-order valence-electron chi connectivity index (χ1n) is 5.26. The van der Waals surface area contributed by atoms with Gasteiger partial charge in [0.05, 0.1) is 0 Å². The Bertz CT molecular complexity index is 615. The Morgan fingerprint density at radius 2 is 1.29 bits per heavy atom. The Balaban J connectivity index is 2.01. The first-order chi connectivity index (χ1) is 8.28. The van der Waals surface area contributed by atoms with Gasteiger partial charge in [-0.15, -0.1) is 0 Å². The Labute approximate surface area is 99.6 Å². The SMILES string of the molecule is O=P12Oc3ccccc3P1c1ccccc1O2. The average Bonchev–Trinajstić information content (AvgIpc) is 2.76. The molecule has 0 fully saturated rings. The van der Waals surface area contributed by atoms with Gasteiger partial charge in [0, 0.05) is 10.6 Å². The maximum absolute atomic E-state index is 12.7. The van der Waals surface area contributed by atoms with Crippen molar-refractivity contribution in [1.29, 1.82) is 0 Å². The molecular formula is C12H8O3P2. The number of para-hydroxylation sites is 2. The second-order valence-electron chi connectivity index (χ2n) is 3.90. The highest BCUT2D eigenvalue weighted by Crippen LogP contribution is 2.82. The van der Waals surface area contributed by atoms with Gasteiger partial charge in [-0.3, -0.25) is 0 Å². The van der Waals surface area contributed by atoms with Crippen LogP contribution in [0.25, 0.3) is 0 Å². The van der Waals surface area contributed by atoms with Gasteiger partial charge in [0.15, 0.2) is 0 Å². The van der Waals surface area contributed by atoms with E-state index in [1.54, 1.807) is 0 Å². The third-order valence-corrected chi connectivity index (χ3v) is 9.11. The fraction of sp³-hybridized carbons (Fsp3) is 0. The molecule has 4 rings (SSSR count). The molecule has 0 radical (unpaired) electrons. The maximum Gasteiger partial charge on any atom is 0.458 e. The molecule has 0 amide bonds. The van der Waals surface area contributed by atoms with E-state index in [9.17, 15) is 4.57 Å². The van der Waals surface area contributed by atoms with Crippen LogP contribution in [0.2, 0.25) is 0 Å². The van der Waals surface area contributed by atoms with Gasteiger partial charge in [0.25, 0.3) is 0 Å². The van der Waals surface area contributed by atoms with Gasteiger partial charge >= 0.3 is 7.28 Å². The van der Waals surface area contributed by atoms with Crippen LogP contribution in [0.15, 0.2) is 48.5 Å². The number of rotatable bonds is 0. The smallest absolute Gasteiger partial charge is 0.412 e. The molecule has 5 heteroatoms. The lowest BCUT2D eigenvalue weighted by atomic mass is 10.3. The van der Waals surface area contributed by atoms with Crippen LogP contribution < -0.4 is 19.7 Å². The molecule has 0 N–H and O–H groups in total. The van der Waals surface area contributed by atoms with Crippen molar-refractivity contribution >= 4 is 25.5 Å². The lowest BCUT2D eigenvalue weighted by Crippen LogP contribution is -2.04. The van der Waals surface area contributed by atoms with E-state index < -0.39 is 14.9 Å². The Kier molecular flexibility index (Phi) is 1.79. The van der Waals surface area contributed by atoms with E-state index in [0.717, 1.165) is 10.6 Å². The number of benzene rings is 2.